The van der Waals surface area contributed by atoms with Gasteiger partial charge in [-0.05, 0) is 82.1 Å². The number of carboxylic acid groups (broad SMARTS) is 1. The number of piperidine rings is 1. The van der Waals surface area contributed by atoms with Crippen molar-refractivity contribution in [1.82, 2.24) is 4.90 Å². The molecular weight excluding hydrogens is 382 g/mol. The van der Waals surface area contributed by atoms with E-state index in [-0.39, 0.29) is 12.0 Å². The van der Waals surface area contributed by atoms with Gasteiger partial charge in [-0.25, -0.2) is 4.79 Å². The molecule has 1 aromatic rings. The van der Waals surface area contributed by atoms with Crippen molar-refractivity contribution in [2.45, 2.75) is 58.5 Å². The number of ether oxygens (including phenoxy) is 2. The second-order valence-electron chi connectivity index (χ2n) is 9.29. The van der Waals surface area contributed by atoms with Crippen LogP contribution in [0.25, 0.3) is 5.57 Å². The first-order valence-electron chi connectivity index (χ1n) is 10.8. The Kier molecular flexibility index (Phi) is 7.06. The van der Waals surface area contributed by atoms with E-state index in [0.29, 0.717) is 38.5 Å². The van der Waals surface area contributed by atoms with Gasteiger partial charge in [0.05, 0.1) is 12.5 Å². The predicted molar refractivity (Wildman–Crippen MR) is 115 cm³/mol. The number of benzene rings is 1. The zero-order chi connectivity index (χ0) is 21.7. The molecule has 1 aliphatic heterocycles. The summed E-state index contributed by atoms with van der Waals surface area (Å²) in [6.45, 7) is 7.70. The number of carbonyl (C=O) groups excluding carboxylic acids is 1. The summed E-state index contributed by atoms with van der Waals surface area (Å²) in [5.74, 6) is 0.314. The number of likely N-dealkylation sites (tertiary alicyclic amines) is 1. The fourth-order valence-corrected chi connectivity index (χ4v) is 3.91. The molecule has 6 nitrogen and oxygen atoms in total. The van der Waals surface area contributed by atoms with Crippen LogP contribution in [0.5, 0.6) is 5.75 Å². The van der Waals surface area contributed by atoms with Crippen LogP contribution in [-0.4, -0.2) is 47.4 Å². The first-order chi connectivity index (χ1) is 14.2. The minimum atomic E-state index is -0.703. The molecular formula is C24H33NO5. The molecule has 1 unspecified atom stereocenters. The summed E-state index contributed by atoms with van der Waals surface area (Å²) in [5.41, 5.74) is 1.89. The minimum absolute atomic E-state index is 0.232. The zero-order valence-electron chi connectivity index (χ0n) is 18.2. The van der Waals surface area contributed by atoms with E-state index in [2.05, 4.69) is 6.08 Å². The number of carbonyl (C=O) groups is 2. The van der Waals surface area contributed by atoms with Crippen molar-refractivity contribution in [1.29, 1.82) is 0 Å². The van der Waals surface area contributed by atoms with Crippen LogP contribution in [0, 0.1) is 11.8 Å². The molecule has 1 fully saturated rings. The second-order valence-corrected chi connectivity index (χ2v) is 9.29. The van der Waals surface area contributed by atoms with Crippen molar-refractivity contribution in [3.05, 3.63) is 35.9 Å². The number of allylic oxidation sites excluding steroid dienone is 2. The topological polar surface area (TPSA) is 76.1 Å². The van der Waals surface area contributed by atoms with Crippen LogP contribution in [0.2, 0.25) is 0 Å². The highest BCUT2D eigenvalue weighted by molar-refractivity contribution is 5.74. The smallest absolute Gasteiger partial charge is 0.410 e. The largest absolute Gasteiger partial charge is 0.493 e. The lowest BCUT2D eigenvalue weighted by molar-refractivity contribution is -0.141. The maximum Gasteiger partial charge on any atom is 0.410 e. The minimum Gasteiger partial charge on any atom is -0.493 e. The number of carboxylic acids is 1. The third-order valence-electron chi connectivity index (χ3n) is 5.74. The Balaban J connectivity index is 1.43. The Bertz CT molecular complexity index is 770. The highest BCUT2D eigenvalue weighted by atomic mass is 16.6. The highest BCUT2D eigenvalue weighted by Crippen LogP contribution is 2.31. The van der Waals surface area contributed by atoms with Gasteiger partial charge in [0.1, 0.15) is 11.4 Å². The first kappa shape index (κ1) is 22.2. The molecule has 1 aromatic carbocycles. The van der Waals surface area contributed by atoms with Crippen LogP contribution in [-0.2, 0) is 9.53 Å². The molecule has 1 saturated heterocycles. The normalized spacial score (nSPS) is 20.4. The van der Waals surface area contributed by atoms with E-state index < -0.39 is 11.6 Å². The molecule has 0 spiro atoms. The lowest BCUT2D eigenvalue weighted by Crippen LogP contribution is -2.42. The van der Waals surface area contributed by atoms with Gasteiger partial charge in [-0.3, -0.25) is 4.79 Å². The number of nitrogens with zero attached hydrogens (tertiary/aromatic N) is 1. The lowest BCUT2D eigenvalue weighted by atomic mass is 9.87. The van der Waals surface area contributed by atoms with Crippen LogP contribution in [0.4, 0.5) is 4.79 Å². The summed E-state index contributed by atoms with van der Waals surface area (Å²) in [5, 5.41) is 9.11. The number of aliphatic carboxylic acids is 1. The van der Waals surface area contributed by atoms with Gasteiger partial charge in [-0.2, -0.15) is 0 Å². The van der Waals surface area contributed by atoms with Crippen LogP contribution >= 0.6 is 0 Å². The number of hydrogen-bond acceptors (Lipinski definition) is 4. The summed E-state index contributed by atoms with van der Waals surface area (Å²) in [6, 6.07) is 8.06. The molecule has 1 heterocycles. The van der Waals surface area contributed by atoms with E-state index in [4.69, 9.17) is 14.6 Å². The molecule has 3 rings (SSSR count). The van der Waals surface area contributed by atoms with E-state index >= 15 is 0 Å². The maximum atomic E-state index is 12.2. The van der Waals surface area contributed by atoms with E-state index in [0.717, 1.165) is 30.6 Å². The molecule has 1 aliphatic carbocycles. The van der Waals surface area contributed by atoms with Gasteiger partial charge < -0.3 is 19.5 Å². The maximum absolute atomic E-state index is 12.2. The van der Waals surface area contributed by atoms with Gasteiger partial charge in [0, 0.05) is 13.1 Å². The van der Waals surface area contributed by atoms with E-state index in [1.54, 1.807) is 4.90 Å². The number of rotatable bonds is 5. The third-order valence-corrected chi connectivity index (χ3v) is 5.74. The van der Waals surface area contributed by atoms with Crippen molar-refractivity contribution in [2.24, 2.45) is 11.8 Å². The summed E-state index contributed by atoms with van der Waals surface area (Å²) < 4.78 is 11.4. The average Bonchev–Trinajstić information content (AvgIpc) is 2.72. The molecule has 30 heavy (non-hydrogen) atoms. The molecule has 0 aromatic heterocycles. The molecule has 164 valence electrons. The van der Waals surface area contributed by atoms with Gasteiger partial charge in [0.25, 0.3) is 0 Å². The van der Waals surface area contributed by atoms with Crippen molar-refractivity contribution in [3.63, 3.8) is 0 Å². The van der Waals surface area contributed by atoms with Crippen LogP contribution in [0.3, 0.4) is 0 Å². The standard InChI is InChI=1S/C24H33NO5/c1-24(2,3)30-23(28)25-14-12-17(13-15-25)16-29-21-10-8-19(9-11-21)18-4-6-20(7-5-18)22(26)27/h4,8-11,17,20H,5-7,12-16H2,1-3H3,(H,26,27). The van der Waals surface area contributed by atoms with Crippen LogP contribution in [0.15, 0.2) is 30.3 Å². The zero-order valence-corrected chi connectivity index (χ0v) is 18.2. The number of hydrogen-bond donors (Lipinski definition) is 1. The first-order valence-corrected chi connectivity index (χ1v) is 10.8. The summed E-state index contributed by atoms with van der Waals surface area (Å²) in [7, 11) is 0. The Morgan fingerprint density at radius 3 is 2.30 bits per heavy atom. The van der Waals surface area contributed by atoms with Crippen LogP contribution < -0.4 is 4.74 Å². The molecule has 1 N–H and O–H groups in total. The Labute approximate surface area is 178 Å². The van der Waals surface area contributed by atoms with Crippen LogP contribution in [0.1, 0.15) is 58.4 Å². The molecule has 2 aliphatic rings. The molecule has 0 bridgehead atoms. The fraction of sp³-hybridized carbons (Fsp3) is 0.583. The van der Waals surface area contributed by atoms with Crippen molar-refractivity contribution < 1.29 is 24.2 Å². The van der Waals surface area contributed by atoms with E-state index in [1.165, 1.54) is 5.57 Å². The van der Waals surface area contributed by atoms with Crippen molar-refractivity contribution in [3.8, 4) is 5.75 Å². The Morgan fingerprint density at radius 2 is 1.77 bits per heavy atom. The Hall–Kier alpha value is -2.50. The summed E-state index contributed by atoms with van der Waals surface area (Å²) in [4.78, 5) is 25.0. The van der Waals surface area contributed by atoms with Crippen molar-refractivity contribution >= 4 is 17.6 Å². The molecule has 1 amide bonds. The second kappa shape index (κ2) is 9.54. The lowest BCUT2D eigenvalue weighted by Gasteiger charge is -2.33. The van der Waals surface area contributed by atoms with Gasteiger partial charge in [0.2, 0.25) is 0 Å². The van der Waals surface area contributed by atoms with Gasteiger partial charge in [0.15, 0.2) is 0 Å². The SMILES string of the molecule is CC(C)(C)OC(=O)N1CCC(COc2ccc(C3=CCC(C(=O)O)CC3)cc2)CC1. The summed E-state index contributed by atoms with van der Waals surface area (Å²) in [6.07, 6.45) is 5.74. The molecule has 0 radical (unpaired) electrons. The van der Waals surface area contributed by atoms with E-state index in [9.17, 15) is 9.59 Å². The summed E-state index contributed by atoms with van der Waals surface area (Å²) >= 11 is 0. The third kappa shape index (κ3) is 6.25. The molecule has 1 atom stereocenters. The van der Waals surface area contributed by atoms with E-state index in [1.807, 2.05) is 45.0 Å². The fourth-order valence-electron chi connectivity index (χ4n) is 3.91. The van der Waals surface area contributed by atoms with Gasteiger partial charge in [-0.15, -0.1) is 0 Å². The monoisotopic (exact) mass is 415 g/mol. The van der Waals surface area contributed by atoms with Crippen molar-refractivity contribution in [2.75, 3.05) is 19.7 Å². The predicted octanol–water partition coefficient (Wildman–Crippen LogP) is 4.98. The number of amides is 1. The quantitative estimate of drug-likeness (QED) is 0.734. The van der Waals surface area contributed by atoms with Gasteiger partial charge in [-0.1, -0.05) is 18.2 Å². The Morgan fingerprint density at radius 1 is 1.10 bits per heavy atom. The van der Waals surface area contributed by atoms with Gasteiger partial charge >= 0.3 is 12.1 Å². The molecule has 6 heteroatoms. The average molecular weight is 416 g/mol. The highest BCUT2D eigenvalue weighted by Gasteiger charge is 2.27. The molecule has 0 saturated carbocycles.